The van der Waals surface area contributed by atoms with Gasteiger partial charge in [0.25, 0.3) is 5.91 Å². The van der Waals surface area contributed by atoms with Crippen molar-refractivity contribution < 1.29 is 14.3 Å². The maximum absolute atomic E-state index is 12.4. The summed E-state index contributed by atoms with van der Waals surface area (Å²) in [6.07, 6.45) is 1.01. The highest BCUT2D eigenvalue weighted by Crippen LogP contribution is 2.25. The summed E-state index contributed by atoms with van der Waals surface area (Å²) in [5.74, 6) is 1.47. The normalized spacial score (nSPS) is 11.7. The fourth-order valence-electron chi connectivity index (χ4n) is 2.31. The summed E-state index contributed by atoms with van der Waals surface area (Å²) in [5, 5.41) is 10.6. The van der Waals surface area contributed by atoms with Crippen molar-refractivity contribution in [3.63, 3.8) is 0 Å². The minimum absolute atomic E-state index is 0.283. The van der Waals surface area contributed by atoms with E-state index in [0.29, 0.717) is 23.9 Å². The van der Waals surface area contributed by atoms with E-state index in [0.717, 1.165) is 10.9 Å². The molecule has 0 aliphatic rings. The zero-order valence-electron chi connectivity index (χ0n) is 13.9. The first-order valence-electron chi connectivity index (χ1n) is 7.92. The molecule has 0 radical (unpaired) electrons. The van der Waals surface area contributed by atoms with Crippen LogP contribution >= 0.6 is 0 Å². The van der Waals surface area contributed by atoms with Crippen LogP contribution in [0.5, 0.6) is 11.5 Å². The Kier molecular flexibility index (Phi) is 4.99. The van der Waals surface area contributed by atoms with Crippen LogP contribution in [0.25, 0.3) is 10.9 Å². The number of H-pyrrole nitrogens is 1. The molecule has 0 bridgehead atoms. The lowest BCUT2D eigenvalue weighted by molar-refractivity contribution is -0.122. The van der Waals surface area contributed by atoms with Gasteiger partial charge in [-0.2, -0.15) is 5.10 Å². The molecule has 1 unspecified atom stereocenters. The molecule has 0 aliphatic heterocycles. The van der Waals surface area contributed by atoms with Gasteiger partial charge in [-0.1, -0.05) is 30.9 Å². The van der Waals surface area contributed by atoms with Crippen LogP contribution in [0.1, 0.15) is 6.92 Å². The number of hydrogen-bond acceptors (Lipinski definition) is 4. The third kappa shape index (κ3) is 3.98. The highest BCUT2D eigenvalue weighted by Gasteiger charge is 2.17. The summed E-state index contributed by atoms with van der Waals surface area (Å²) in [6.45, 7) is 5.72. The van der Waals surface area contributed by atoms with E-state index >= 15 is 0 Å². The Morgan fingerprint density at radius 3 is 2.84 bits per heavy atom. The lowest BCUT2D eigenvalue weighted by atomic mass is 10.2. The molecule has 25 heavy (non-hydrogen) atoms. The van der Waals surface area contributed by atoms with Crippen molar-refractivity contribution >= 4 is 22.6 Å². The first-order chi connectivity index (χ1) is 12.2. The Labute approximate surface area is 145 Å². The van der Waals surface area contributed by atoms with Crippen LogP contribution in [0.3, 0.4) is 0 Å². The first kappa shape index (κ1) is 16.6. The fourth-order valence-corrected chi connectivity index (χ4v) is 2.31. The minimum atomic E-state index is -0.658. The number of para-hydroxylation sites is 1. The van der Waals surface area contributed by atoms with Crippen LogP contribution in [-0.4, -0.2) is 28.8 Å². The molecule has 2 aromatic carbocycles. The Morgan fingerprint density at radius 1 is 1.28 bits per heavy atom. The standard InChI is InChI=1S/C19H19N3O3/c1-3-11-24-15-9-10-17-16(12-15)18(22-21-17)20-19(23)13(2)25-14-7-5-4-6-8-14/h3-10,12-13H,1,11H2,2H3,(H2,20,21,22,23). The Hall–Kier alpha value is -3.28. The van der Waals surface area contributed by atoms with E-state index in [4.69, 9.17) is 9.47 Å². The molecule has 0 saturated heterocycles. The SMILES string of the molecule is C=CCOc1ccc2[nH]nc(NC(=O)C(C)Oc3ccccc3)c2c1. The van der Waals surface area contributed by atoms with Crippen LogP contribution in [0.15, 0.2) is 61.2 Å². The molecule has 3 rings (SSSR count). The van der Waals surface area contributed by atoms with Gasteiger partial charge < -0.3 is 14.8 Å². The topological polar surface area (TPSA) is 76.2 Å². The number of rotatable bonds is 7. The second kappa shape index (κ2) is 7.53. The summed E-state index contributed by atoms with van der Waals surface area (Å²) in [6, 6.07) is 14.7. The number of amides is 1. The first-order valence-corrected chi connectivity index (χ1v) is 7.92. The lowest BCUT2D eigenvalue weighted by Gasteiger charge is -2.13. The number of carbonyl (C=O) groups excluding carboxylic acids is 1. The molecule has 0 fully saturated rings. The molecule has 6 heteroatoms. The number of anilines is 1. The quantitative estimate of drug-likeness (QED) is 0.647. The molecular weight excluding hydrogens is 318 g/mol. The highest BCUT2D eigenvalue weighted by atomic mass is 16.5. The molecule has 1 heterocycles. The van der Waals surface area contributed by atoms with Gasteiger partial charge in [0.15, 0.2) is 11.9 Å². The summed E-state index contributed by atoms with van der Waals surface area (Å²) in [7, 11) is 0. The molecule has 1 amide bonds. The number of benzene rings is 2. The Bertz CT molecular complexity index is 874. The van der Waals surface area contributed by atoms with Crippen molar-refractivity contribution in [3.8, 4) is 11.5 Å². The summed E-state index contributed by atoms with van der Waals surface area (Å²) in [4.78, 5) is 12.4. The van der Waals surface area contributed by atoms with Crippen LogP contribution in [0, 0.1) is 0 Å². The molecule has 128 valence electrons. The monoisotopic (exact) mass is 337 g/mol. The molecule has 0 saturated carbocycles. The third-order valence-corrected chi connectivity index (χ3v) is 3.57. The Balaban J connectivity index is 1.72. The van der Waals surface area contributed by atoms with Crippen molar-refractivity contribution in [2.45, 2.75) is 13.0 Å². The smallest absolute Gasteiger partial charge is 0.266 e. The predicted molar refractivity (Wildman–Crippen MR) is 96.9 cm³/mol. The van der Waals surface area contributed by atoms with Crippen molar-refractivity contribution in [1.82, 2.24) is 10.2 Å². The number of nitrogens with zero attached hydrogens (tertiary/aromatic N) is 1. The van der Waals surface area contributed by atoms with Crippen LogP contribution in [-0.2, 0) is 4.79 Å². The van der Waals surface area contributed by atoms with Crippen molar-refractivity contribution in [1.29, 1.82) is 0 Å². The van der Waals surface area contributed by atoms with E-state index in [1.165, 1.54) is 0 Å². The van der Waals surface area contributed by atoms with Crippen LogP contribution in [0.4, 0.5) is 5.82 Å². The average molecular weight is 337 g/mol. The second-order valence-electron chi connectivity index (χ2n) is 5.44. The largest absolute Gasteiger partial charge is 0.490 e. The van der Waals surface area contributed by atoms with E-state index < -0.39 is 6.10 Å². The molecule has 1 atom stereocenters. The van der Waals surface area contributed by atoms with Gasteiger partial charge in [-0.25, -0.2) is 0 Å². The summed E-state index contributed by atoms with van der Waals surface area (Å²) >= 11 is 0. The van der Waals surface area contributed by atoms with Crippen molar-refractivity contribution in [3.05, 3.63) is 61.2 Å². The van der Waals surface area contributed by atoms with E-state index in [9.17, 15) is 4.79 Å². The number of aromatic amines is 1. The lowest BCUT2D eigenvalue weighted by Crippen LogP contribution is -2.30. The predicted octanol–water partition coefficient (Wildman–Crippen LogP) is 3.53. The van der Waals surface area contributed by atoms with E-state index in [1.54, 1.807) is 25.1 Å². The van der Waals surface area contributed by atoms with E-state index in [2.05, 4.69) is 22.1 Å². The third-order valence-electron chi connectivity index (χ3n) is 3.57. The van der Waals surface area contributed by atoms with E-state index in [1.807, 2.05) is 36.4 Å². The van der Waals surface area contributed by atoms with Gasteiger partial charge in [0.2, 0.25) is 0 Å². The number of nitrogens with one attached hydrogen (secondary N) is 2. The molecule has 6 nitrogen and oxygen atoms in total. The number of aromatic nitrogens is 2. The molecule has 3 aromatic rings. The van der Waals surface area contributed by atoms with Gasteiger partial charge in [-0.05, 0) is 37.3 Å². The van der Waals surface area contributed by atoms with Gasteiger partial charge in [-0.3, -0.25) is 9.89 Å². The average Bonchev–Trinajstić information content (AvgIpc) is 3.03. The number of carbonyl (C=O) groups is 1. The molecular formula is C19H19N3O3. The zero-order valence-corrected chi connectivity index (χ0v) is 13.9. The molecule has 1 aromatic heterocycles. The highest BCUT2D eigenvalue weighted by molar-refractivity contribution is 6.01. The zero-order chi connectivity index (χ0) is 17.6. The van der Waals surface area contributed by atoms with Gasteiger partial charge in [0.05, 0.1) is 5.52 Å². The second-order valence-corrected chi connectivity index (χ2v) is 5.44. The van der Waals surface area contributed by atoms with Crippen molar-refractivity contribution in [2.24, 2.45) is 0 Å². The van der Waals surface area contributed by atoms with Gasteiger partial charge in [0.1, 0.15) is 18.1 Å². The summed E-state index contributed by atoms with van der Waals surface area (Å²) in [5.41, 5.74) is 0.804. The van der Waals surface area contributed by atoms with Gasteiger partial charge >= 0.3 is 0 Å². The number of fused-ring (bicyclic) bond motifs is 1. The molecule has 0 spiro atoms. The minimum Gasteiger partial charge on any atom is -0.490 e. The molecule has 0 aliphatic carbocycles. The maximum Gasteiger partial charge on any atom is 0.266 e. The van der Waals surface area contributed by atoms with Crippen LogP contribution in [0.2, 0.25) is 0 Å². The Morgan fingerprint density at radius 2 is 2.08 bits per heavy atom. The van der Waals surface area contributed by atoms with Crippen molar-refractivity contribution in [2.75, 3.05) is 11.9 Å². The fraction of sp³-hybridized carbons (Fsp3) is 0.158. The number of ether oxygens (including phenoxy) is 2. The van der Waals surface area contributed by atoms with Gasteiger partial charge in [0, 0.05) is 5.39 Å². The van der Waals surface area contributed by atoms with E-state index in [-0.39, 0.29) is 5.91 Å². The van der Waals surface area contributed by atoms with Gasteiger partial charge in [-0.15, -0.1) is 0 Å². The summed E-state index contributed by atoms with van der Waals surface area (Å²) < 4.78 is 11.1. The number of hydrogen-bond donors (Lipinski definition) is 2. The molecule has 2 N–H and O–H groups in total. The maximum atomic E-state index is 12.4. The van der Waals surface area contributed by atoms with Crippen LogP contribution < -0.4 is 14.8 Å².